The number of hydrogen-bond acceptors (Lipinski definition) is 2. The third kappa shape index (κ3) is 3.20. The summed E-state index contributed by atoms with van der Waals surface area (Å²) in [6, 6.07) is 19.8. The van der Waals surface area contributed by atoms with Gasteiger partial charge in [-0.1, -0.05) is 42.5 Å². The molecule has 3 rings (SSSR count). The largest absolute Gasteiger partial charge is 0.399 e. The molecule has 2 nitrogen and oxygen atoms in total. The van der Waals surface area contributed by atoms with Crippen molar-refractivity contribution in [3.8, 4) is 0 Å². The fourth-order valence-corrected chi connectivity index (χ4v) is 3.15. The number of anilines is 1. The molecule has 104 valence electrons. The molecule has 0 spiro atoms. The van der Waals surface area contributed by atoms with E-state index >= 15 is 0 Å². The first-order chi connectivity index (χ1) is 9.81. The van der Waals surface area contributed by atoms with Gasteiger partial charge in [0.15, 0.2) is 0 Å². The number of benzene rings is 2. The van der Waals surface area contributed by atoms with Crippen molar-refractivity contribution in [3.05, 3.63) is 65.7 Å². The van der Waals surface area contributed by atoms with Crippen LogP contribution in [0.15, 0.2) is 54.6 Å². The lowest BCUT2D eigenvalue weighted by atomic mass is 10.0. The summed E-state index contributed by atoms with van der Waals surface area (Å²) in [4.78, 5) is 2.60. The fourth-order valence-electron chi connectivity index (χ4n) is 3.15. The van der Waals surface area contributed by atoms with Crippen LogP contribution in [0, 0.1) is 0 Å². The van der Waals surface area contributed by atoms with E-state index in [1.54, 1.807) is 0 Å². The zero-order valence-electron chi connectivity index (χ0n) is 11.8. The van der Waals surface area contributed by atoms with Gasteiger partial charge < -0.3 is 5.73 Å². The van der Waals surface area contributed by atoms with E-state index in [0.717, 1.165) is 18.7 Å². The molecule has 2 heteroatoms. The van der Waals surface area contributed by atoms with Gasteiger partial charge in [0.25, 0.3) is 0 Å². The Kier molecular flexibility index (Phi) is 4.03. The maximum absolute atomic E-state index is 5.87. The van der Waals surface area contributed by atoms with Crippen LogP contribution in [0.25, 0.3) is 0 Å². The number of nitrogen functional groups attached to an aromatic ring is 1. The highest BCUT2D eigenvalue weighted by Gasteiger charge is 2.24. The maximum Gasteiger partial charge on any atom is 0.0317 e. The monoisotopic (exact) mass is 266 g/mol. The molecule has 2 aromatic carbocycles. The molecule has 2 N–H and O–H groups in total. The van der Waals surface area contributed by atoms with Crippen LogP contribution in [-0.4, -0.2) is 17.5 Å². The summed E-state index contributed by atoms with van der Waals surface area (Å²) in [5.74, 6) is 0. The van der Waals surface area contributed by atoms with Gasteiger partial charge in [-0.25, -0.2) is 0 Å². The van der Waals surface area contributed by atoms with Crippen LogP contribution < -0.4 is 5.73 Å². The summed E-state index contributed by atoms with van der Waals surface area (Å²) >= 11 is 0. The van der Waals surface area contributed by atoms with Crippen molar-refractivity contribution in [1.82, 2.24) is 4.90 Å². The second-order valence-corrected chi connectivity index (χ2v) is 5.70. The van der Waals surface area contributed by atoms with E-state index in [2.05, 4.69) is 47.4 Å². The molecule has 1 saturated heterocycles. The lowest BCUT2D eigenvalue weighted by Gasteiger charge is -2.24. The van der Waals surface area contributed by atoms with E-state index in [1.165, 1.54) is 30.5 Å². The third-order valence-corrected chi connectivity index (χ3v) is 4.15. The molecule has 20 heavy (non-hydrogen) atoms. The molecular weight excluding hydrogens is 244 g/mol. The van der Waals surface area contributed by atoms with Gasteiger partial charge in [-0.2, -0.15) is 0 Å². The molecule has 0 aliphatic carbocycles. The lowest BCUT2D eigenvalue weighted by Crippen LogP contribution is -2.30. The molecule has 1 heterocycles. The van der Waals surface area contributed by atoms with Gasteiger partial charge in [-0.15, -0.1) is 0 Å². The van der Waals surface area contributed by atoms with Gasteiger partial charge in [0.1, 0.15) is 0 Å². The molecule has 1 unspecified atom stereocenters. The lowest BCUT2D eigenvalue weighted by molar-refractivity contribution is 0.244. The molecule has 2 aromatic rings. The Labute approximate surface area is 121 Å². The minimum absolute atomic E-state index is 0.666. The summed E-state index contributed by atoms with van der Waals surface area (Å²) in [6.07, 6.45) is 3.76. The molecular formula is C18H22N2. The van der Waals surface area contributed by atoms with Crippen LogP contribution in [0.4, 0.5) is 5.69 Å². The van der Waals surface area contributed by atoms with Crippen LogP contribution in [0.3, 0.4) is 0 Å². The van der Waals surface area contributed by atoms with Crippen molar-refractivity contribution in [2.75, 3.05) is 12.3 Å². The maximum atomic E-state index is 5.87. The predicted molar refractivity (Wildman–Crippen MR) is 84.4 cm³/mol. The molecule has 0 radical (unpaired) electrons. The molecule has 1 atom stereocenters. The molecule has 0 saturated carbocycles. The van der Waals surface area contributed by atoms with E-state index < -0.39 is 0 Å². The second-order valence-electron chi connectivity index (χ2n) is 5.70. The number of likely N-dealkylation sites (tertiary alicyclic amines) is 1. The van der Waals surface area contributed by atoms with Crippen molar-refractivity contribution in [1.29, 1.82) is 0 Å². The Morgan fingerprint density at radius 2 is 1.80 bits per heavy atom. The topological polar surface area (TPSA) is 29.3 Å². The highest BCUT2D eigenvalue weighted by Crippen LogP contribution is 2.23. The van der Waals surface area contributed by atoms with Gasteiger partial charge in [-0.05, 0) is 49.1 Å². The Hall–Kier alpha value is -1.80. The smallest absolute Gasteiger partial charge is 0.0317 e. The Bertz CT molecular complexity index is 550. The van der Waals surface area contributed by atoms with E-state index in [0.29, 0.717) is 6.04 Å². The molecule has 0 bridgehead atoms. The minimum Gasteiger partial charge on any atom is -0.399 e. The second kappa shape index (κ2) is 6.10. The summed E-state index contributed by atoms with van der Waals surface area (Å²) < 4.78 is 0. The zero-order chi connectivity index (χ0) is 13.8. The SMILES string of the molecule is Nc1cccc(CN2CCCC2Cc2ccccc2)c1. The van der Waals surface area contributed by atoms with Gasteiger partial charge in [0.2, 0.25) is 0 Å². The quantitative estimate of drug-likeness (QED) is 0.859. The van der Waals surface area contributed by atoms with Crippen molar-refractivity contribution >= 4 is 5.69 Å². The van der Waals surface area contributed by atoms with Crippen LogP contribution in [0.1, 0.15) is 24.0 Å². The molecule has 1 aliphatic heterocycles. The minimum atomic E-state index is 0.666. The van der Waals surface area contributed by atoms with Crippen molar-refractivity contribution in [2.24, 2.45) is 0 Å². The number of nitrogens with zero attached hydrogens (tertiary/aromatic N) is 1. The van der Waals surface area contributed by atoms with E-state index in [1.807, 2.05) is 12.1 Å². The van der Waals surface area contributed by atoms with E-state index in [9.17, 15) is 0 Å². The molecule has 1 aliphatic rings. The van der Waals surface area contributed by atoms with Gasteiger partial charge in [0, 0.05) is 18.3 Å². The van der Waals surface area contributed by atoms with Crippen LogP contribution in [0.5, 0.6) is 0 Å². The number of nitrogens with two attached hydrogens (primary N) is 1. The predicted octanol–water partition coefficient (Wildman–Crippen LogP) is 3.48. The summed E-state index contributed by atoms with van der Waals surface area (Å²) in [7, 11) is 0. The molecule has 0 amide bonds. The molecule has 1 fully saturated rings. The first kappa shape index (κ1) is 13.2. The highest BCUT2D eigenvalue weighted by atomic mass is 15.2. The third-order valence-electron chi connectivity index (χ3n) is 4.15. The number of hydrogen-bond donors (Lipinski definition) is 1. The average molecular weight is 266 g/mol. The zero-order valence-corrected chi connectivity index (χ0v) is 11.8. The van der Waals surface area contributed by atoms with Crippen LogP contribution in [0.2, 0.25) is 0 Å². The van der Waals surface area contributed by atoms with E-state index in [4.69, 9.17) is 5.73 Å². The Morgan fingerprint density at radius 3 is 2.60 bits per heavy atom. The van der Waals surface area contributed by atoms with Gasteiger partial charge in [-0.3, -0.25) is 4.90 Å². The van der Waals surface area contributed by atoms with Crippen molar-refractivity contribution in [2.45, 2.75) is 31.8 Å². The Balaban J connectivity index is 1.66. The fraction of sp³-hybridized carbons (Fsp3) is 0.333. The normalized spacial score (nSPS) is 19.3. The average Bonchev–Trinajstić information content (AvgIpc) is 2.87. The summed E-state index contributed by atoms with van der Waals surface area (Å²) in [6.45, 7) is 2.22. The Morgan fingerprint density at radius 1 is 1.00 bits per heavy atom. The first-order valence-electron chi connectivity index (χ1n) is 7.43. The van der Waals surface area contributed by atoms with Gasteiger partial charge >= 0.3 is 0 Å². The standard InChI is InChI=1S/C18H22N2/c19-17-9-4-8-16(12-17)14-20-11-5-10-18(20)13-15-6-2-1-3-7-15/h1-4,6-9,12,18H,5,10-11,13-14,19H2. The van der Waals surface area contributed by atoms with Crippen LogP contribution in [-0.2, 0) is 13.0 Å². The number of rotatable bonds is 4. The highest BCUT2D eigenvalue weighted by molar-refractivity contribution is 5.40. The molecule has 0 aromatic heterocycles. The van der Waals surface area contributed by atoms with E-state index in [-0.39, 0.29) is 0 Å². The van der Waals surface area contributed by atoms with Crippen LogP contribution >= 0.6 is 0 Å². The first-order valence-corrected chi connectivity index (χ1v) is 7.43. The van der Waals surface area contributed by atoms with Gasteiger partial charge in [0.05, 0.1) is 0 Å². The van der Waals surface area contributed by atoms with Crippen molar-refractivity contribution in [3.63, 3.8) is 0 Å². The van der Waals surface area contributed by atoms with Crippen molar-refractivity contribution < 1.29 is 0 Å². The summed E-state index contributed by atoms with van der Waals surface area (Å²) in [5, 5.41) is 0. The summed E-state index contributed by atoms with van der Waals surface area (Å²) in [5.41, 5.74) is 9.50.